The fraction of sp³-hybridized carbons (Fsp3) is 0.235. The molecule has 0 aliphatic heterocycles. The Bertz CT molecular complexity index is 655. The molecule has 0 aliphatic rings. The van der Waals surface area contributed by atoms with Gasteiger partial charge < -0.3 is 19.3 Å². The molecule has 2 rings (SSSR count). The Morgan fingerprint density at radius 1 is 1.13 bits per heavy atom. The van der Waals surface area contributed by atoms with Crippen LogP contribution < -0.4 is 9.47 Å². The summed E-state index contributed by atoms with van der Waals surface area (Å²) in [5, 5.41) is 9.12. The van der Waals surface area contributed by atoms with Gasteiger partial charge in [0.15, 0.2) is 0 Å². The van der Waals surface area contributed by atoms with Crippen LogP contribution in [0.1, 0.15) is 15.9 Å². The Balaban J connectivity index is 1.73. The number of aromatic carboxylic acids is 1. The van der Waals surface area contributed by atoms with E-state index in [9.17, 15) is 4.79 Å². The summed E-state index contributed by atoms with van der Waals surface area (Å²) in [5.41, 5.74) is 1.16. The van der Waals surface area contributed by atoms with E-state index in [1.54, 1.807) is 7.11 Å². The molecule has 5 nitrogen and oxygen atoms in total. The van der Waals surface area contributed by atoms with Crippen LogP contribution in [0.2, 0.25) is 5.02 Å². The highest BCUT2D eigenvalue weighted by molar-refractivity contribution is 6.32. The highest BCUT2D eigenvalue weighted by Crippen LogP contribution is 2.25. The van der Waals surface area contributed by atoms with Crippen molar-refractivity contribution in [3.63, 3.8) is 0 Å². The van der Waals surface area contributed by atoms with Crippen molar-refractivity contribution in [3.05, 3.63) is 58.6 Å². The maximum absolute atomic E-state index is 10.8. The van der Waals surface area contributed by atoms with Crippen LogP contribution >= 0.6 is 11.6 Å². The minimum Gasteiger partial charge on any atom is -0.497 e. The summed E-state index contributed by atoms with van der Waals surface area (Å²) in [6, 6.07) is 12.0. The van der Waals surface area contributed by atoms with Crippen LogP contribution in [0.25, 0.3) is 0 Å². The van der Waals surface area contributed by atoms with Crippen molar-refractivity contribution >= 4 is 17.6 Å². The van der Waals surface area contributed by atoms with E-state index in [1.165, 1.54) is 18.2 Å². The predicted molar refractivity (Wildman–Crippen MR) is 86.6 cm³/mol. The van der Waals surface area contributed by atoms with Gasteiger partial charge in [-0.3, -0.25) is 0 Å². The number of benzene rings is 2. The van der Waals surface area contributed by atoms with Crippen LogP contribution in [0.3, 0.4) is 0 Å². The van der Waals surface area contributed by atoms with E-state index in [0.717, 1.165) is 11.3 Å². The lowest BCUT2D eigenvalue weighted by Gasteiger charge is -2.09. The van der Waals surface area contributed by atoms with Crippen molar-refractivity contribution in [2.45, 2.75) is 6.61 Å². The predicted octanol–water partition coefficient (Wildman–Crippen LogP) is 3.64. The zero-order valence-electron chi connectivity index (χ0n) is 12.6. The molecule has 0 fully saturated rings. The Morgan fingerprint density at radius 3 is 2.48 bits per heavy atom. The summed E-state index contributed by atoms with van der Waals surface area (Å²) in [6.45, 7) is 1.18. The van der Waals surface area contributed by atoms with Crippen LogP contribution in [-0.4, -0.2) is 31.4 Å². The fourth-order valence-corrected chi connectivity index (χ4v) is 2.11. The number of carboxylic acid groups (broad SMARTS) is 1. The molecule has 0 heterocycles. The van der Waals surface area contributed by atoms with Gasteiger partial charge in [0.2, 0.25) is 0 Å². The maximum Gasteiger partial charge on any atom is 0.335 e. The smallest absolute Gasteiger partial charge is 0.335 e. The van der Waals surface area contributed by atoms with Gasteiger partial charge in [-0.2, -0.15) is 0 Å². The summed E-state index contributed by atoms with van der Waals surface area (Å²) < 4.78 is 16.1. The fourth-order valence-electron chi connectivity index (χ4n) is 1.87. The van der Waals surface area contributed by atoms with Crippen molar-refractivity contribution in [3.8, 4) is 11.5 Å². The summed E-state index contributed by atoms with van der Waals surface area (Å²) in [6.07, 6.45) is 0. The Hall–Kier alpha value is -2.24. The van der Waals surface area contributed by atoms with Gasteiger partial charge in [0.25, 0.3) is 0 Å². The van der Waals surface area contributed by atoms with Crippen LogP contribution in [0, 0.1) is 0 Å². The summed E-state index contributed by atoms with van der Waals surface area (Å²) in [5.74, 6) is 0.211. The number of halogens is 1. The Morgan fingerprint density at radius 2 is 1.87 bits per heavy atom. The molecular formula is C17H17ClO5. The Labute approximate surface area is 139 Å². The van der Waals surface area contributed by atoms with E-state index >= 15 is 0 Å². The molecule has 0 unspecified atom stereocenters. The summed E-state index contributed by atoms with van der Waals surface area (Å²) >= 11 is 5.97. The van der Waals surface area contributed by atoms with Crippen LogP contribution in [0.15, 0.2) is 42.5 Å². The number of hydrogen-bond donors (Lipinski definition) is 1. The van der Waals surface area contributed by atoms with Gasteiger partial charge in [0, 0.05) is 0 Å². The molecule has 122 valence electrons. The highest BCUT2D eigenvalue weighted by Gasteiger charge is 2.07. The van der Waals surface area contributed by atoms with Gasteiger partial charge >= 0.3 is 5.97 Å². The van der Waals surface area contributed by atoms with Crippen molar-refractivity contribution in [1.82, 2.24) is 0 Å². The number of ether oxygens (including phenoxy) is 3. The first-order valence-corrected chi connectivity index (χ1v) is 7.34. The van der Waals surface area contributed by atoms with Crippen molar-refractivity contribution in [2.75, 3.05) is 20.3 Å². The third-order valence-corrected chi connectivity index (χ3v) is 3.39. The molecule has 0 amide bonds. The lowest BCUT2D eigenvalue weighted by atomic mass is 10.2. The molecule has 0 spiro atoms. The molecule has 6 heteroatoms. The second kappa shape index (κ2) is 8.41. The minimum absolute atomic E-state index is 0.123. The van der Waals surface area contributed by atoms with Gasteiger partial charge in [-0.1, -0.05) is 23.7 Å². The second-order valence-corrected chi connectivity index (χ2v) is 5.11. The zero-order chi connectivity index (χ0) is 16.7. The molecule has 0 radical (unpaired) electrons. The number of rotatable bonds is 8. The van der Waals surface area contributed by atoms with Gasteiger partial charge in [0.05, 0.1) is 30.9 Å². The number of methoxy groups -OCH3 is 1. The topological polar surface area (TPSA) is 65.0 Å². The maximum atomic E-state index is 10.8. The molecule has 0 atom stereocenters. The van der Waals surface area contributed by atoms with E-state index in [-0.39, 0.29) is 10.6 Å². The molecule has 23 heavy (non-hydrogen) atoms. The highest BCUT2D eigenvalue weighted by atomic mass is 35.5. The largest absolute Gasteiger partial charge is 0.497 e. The van der Waals surface area contributed by atoms with Crippen LogP contribution in [0.4, 0.5) is 0 Å². The van der Waals surface area contributed by atoms with Crippen LogP contribution in [0.5, 0.6) is 11.5 Å². The molecule has 0 aliphatic carbocycles. The van der Waals surface area contributed by atoms with E-state index in [2.05, 4.69) is 0 Å². The van der Waals surface area contributed by atoms with Gasteiger partial charge in [-0.05, 0) is 35.9 Å². The molecular weight excluding hydrogens is 320 g/mol. The van der Waals surface area contributed by atoms with Gasteiger partial charge in [0.1, 0.15) is 18.1 Å². The third-order valence-electron chi connectivity index (χ3n) is 3.09. The second-order valence-electron chi connectivity index (χ2n) is 4.70. The SMILES string of the molecule is COc1ccc(COCCOc2ccc(C(=O)O)cc2Cl)cc1. The third kappa shape index (κ3) is 5.16. The average molecular weight is 337 g/mol. The standard InChI is InChI=1S/C17H17ClO5/c1-21-14-5-2-12(3-6-14)11-22-8-9-23-16-7-4-13(17(19)20)10-15(16)18/h2-7,10H,8-9,11H2,1H3,(H,19,20). The first-order chi connectivity index (χ1) is 11.1. The monoisotopic (exact) mass is 336 g/mol. The quantitative estimate of drug-likeness (QED) is 0.745. The first-order valence-electron chi connectivity index (χ1n) is 6.96. The average Bonchev–Trinajstić information content (AvgIpc) is 2.56. The minimum atomic E-state index is -1.03. The van der Waals surface area contributed by atoms with Crippen LogP contribution in [-0.2, 0) is 11.3 Å². The molecule has 2 aromatic rings. The van der Waals surface area contributed by atoms with Crippen molar-refractivity contribution in [1.29, 1.82) is 0 Å². The van der Waals surface area contributed by atoms with Gasteiger partial charge in [-0.25, -0.2) is 4.79 Å². The number of hydrogen-bond acceptors (Lipinski definition) is 4. The molecule has 0 saturated heterocycles. The first kappa shape index (κ1) is 17.1. The molecule has 2 aromatic carbocycles. The number of carbonyl (C=O) groups is 1. The van der Waals surface area contributed by atoms with Crippen molar-refractivity contribution in [2.24, 2.45) is 0 Å². The zero-order valence-corrected chi connectivity index (χ0v) is 13.4. The van der Waals surface area contributed by atoms with Gasteiger partial charge in [-0.15, -0.1) is 0 Å². The van der Waals surface area contributed by atoms with E-state index in [0.29, 0.717) is 25.6 Å². The summed E-state index contributed by atoms with van der Waals surface area (Å²) in [7, 11) is 1.62. The lowest BCUT2D eigenvalue weighted by Crippen LogP contribution is -2.07. The van der Waals surface area contributed by atoms with E-state index in [4.69, 9.17) is 30.9 Å². The lowest BCUT2D eigenvalue weighted by molar-refractivity contribution is 0.0696. The number of carboxylic acids is 1. The van der Waals surface area contributed by atoms with E-state index in [1.807, 2.05) is 24.3 Å². The van der Waals surface area contributed by atoms with E-state index < -0.39 is 5.97 Å². The normalized spacial score (nSPS) is 10.3. The molecule has 0 aromatic heterocycles. The Kier molecular flexibility index (Phi) is 6.26. The molecule has 0 bridgehead atoms. The molecule has 0 saturated carbocycles. The summed E-state index contributed by atoms with van der Waals surface area (Å²) in [4.78, 5) is 10.8. The molecule has 1 N–H and O–H groups in total. The van der Waals surface area contributed by atoms with Crippen molar-refractivity contribution < 1.29 is 24.1 Å².